The van der Waals surface area contributed by atoms with E-state index in [0.717, 1.165) is 11.1 Å². The van der Waals surface area contributed by atoms with Crippen molar-refractivity contribution >= 4 is 32.5 Å². The lowest BCUT2D eigenvalue weighted by molar-refractivity contribution is 0.633. The summed E-state index contributed by atoms with van der Waals surface area (Å²) < 4.78 is 123. The van der Waals surface area contributed by atoms with Crippen LogP contribution in [0.5, 0.6) is 0 Å². The van der Waals surface area contributed by atoms with Crippen LogP contribution in [0.2, 0.25) is 0 Å². The highest BCUT2D eigenvalue weighted by Gasteiger charge is 2.25. The summed E-state index contributed by atoms with van der Waals surface area (Å²) in [5.41, 5.74) is 3.41. The highest BCUT2D eigenvalue weighted by atomic mass is 16.3. The van der Waals surface area contributed by atoms with Crippen LogP contribution in [0.25, 0.3) is 88.3 Å². The third-order valence-electron chi connectivity index (χ3n) is 8.42. The van der Waals surface area contributed by atoms with Gasteiger partial charge in [-0.25, -0.2) is 0 Å². The maximum absolute atomic E-state index is 9.56. The van der Waals surface area contributed by atoms with Crippen molar-refractivity contribution in [1.82, 2.24) is 0 Å². The molecular formula is C46H30O. The van der Waals surface area contributed by atoms with E-state index in [0.29, 0.717) is 16.5 Å². The molecule has 0 bridgehead atoms. The van der Waals surface area contributed by atoms with Gasteiger partial charge in [-0.15, -0.1) is 0 Å². The maximum atomic E-state index is 9.56. The molecule has 0 aliphatic carbocycles. The number of hydrogen-bond donors (Lipinski definition) is 0. The number of hydrogen-bond acceptors (Lipinski definition) is 1. The number of benzene rings is 8. The SMILES string of the molecule is [2H]c1c([2H])c([2H])c(-c2ccc3oc(-c4ccccc4-c4ccccc4)c(-c4c5c([2H])c([2H])c([2H])c([2H])c5c(-c5ccccc5)c5c([2H])c([2H])c([2H])c([2H])c45)c3c2)c([2H])c1[2H]. The molecule has 8 aromatic carbocycles. The smallest absolute Gasteiger partial charge is 0.143 e. The Labute approximate surface area is 292 Å². The van der Waals surface area contributed by atoms with E-state index in [2.05, 4.69) is 0 Å². The van der Waals surface area contributed by atoms with Crippen molar-refractivity contribution < 1.29 is 22.2 Å². The van der Waals surface area contributed by atoms with Gasteiger partial charge in [0, 0.05) is 22.1 Å². The minimum Gasteiger partial charge on any atom is -0.455 e. The summed E-state index contributed by atoms with van der Waals surface area (Å²) in [6.45, 7) is 0. The van der Waals surface area contributed by atoms with E-state index in [-0.39, 0.29) is 60.7 Å². The van der Waals surface area contributed by atoms with Crippen LogP contribution in [0.3, 0.4) is 0 Å². The van der Waals surface area contributed by atoms with Gasteiger partial charge in [-0.2, -0.15) is 0 Å². The van der Waals surface area contributed by atoms with Crippen molar-refractivity contribution in [2.45, 2.75) is 0 Å². The summed E-state index contributed by atoms with van der Waals surface area (Å²) in [5.74, 6) is 0.206. The van der Waals surface area contributed by atoms with Gasteiger partial charge >= 0.3 is 0 Å². The molecule has 0 spiro atoms. The van der Waals surface area contributed by atoms with Crippen LogP contribution >= 0.6 is 0 Å². The fraction of sp³-hybridized carbons (Fsp3) is 0. The molecule has 0 unspecified atom stereocenters. The molecular weight excluding hydrogens is 569 g/mol. The Bertz CT molecular complexity index is 3180. The Morgan fingerprint density at radius 1 is 0.362 bits per heavy atom. The van der Waals surface area contributed by atoms with Crippen LogP contribution in [-0.2, 0) is 0 Å². The standard InChI is InChI=1S/C46H30O/c1-4-16-31(17-5-1)34-28-29-42-41(30-34)45(46(47-42)40-27-15-10-22-35(40)32-18-6-2-7-19-32)44-38-25-13-11-23-36(38)43(33-20-8-3-9-21-33)37-24-12-14-26-39(37)44/h1-30H/i1D,4D,5D,11D,12D,13D,14D,16D,17D,23D,24D,25D,26D. The zero-order valence-corrected chi connectivity index (χ0v) is 24.7. The summed E-state index contributed by atoms with van der Waals surface area (Å²) in [5, 5.41) is 0.307. The molecule has 0 amide bonds. The molecule has 47 heavy (non-hydrogen) atoms. The molecule has 0 aliphatic rings. The van der Waals surface area contributed by atoms with E-state index in [1.807, 2.05) is 54.6 Å². The average molecular weight is 612 g/mol. The van der Waals surface area contributed by atoms with Crippen LogP contribution in [0.1, 0.15) is 17.8 Å². The summed E-state index contributed by atoms with van der Waals surface area (Å²) >= 11 is 0. The van der Waals surface area contributed by atoms with Crippen molar-refractivity contribution in [2.75, 3.05) is 0 Å². The van der Waals surface area contributed by atoms with Gasteiger partial charge in [-0.05, 0) is 67.1 Å². The Morgan fingerprint density at radius 3 is 1.53 bits per heavy atom. The second-order valence-electron chi connectivity index (χ2n) is 11.0. The Kier molecular flexibility index (Phi) is 4.08. The molecule has 1 nitrogen and oxygen atoms in total. The molecule has 0 fully saturated rings. The molecule has 1 heteroatoms. The van der Waals surface area contributed by atoms with Crippen LogP contribution in [0, 0.1) is 0 Å². The van der Waals surface area contributed by atoms with E-state index < -0.39 is 78.6 Å². The third-order valence-corrected chi connectivity index (χ3v) is 8.42. The minimum atomic E-state index is -0.563. The first kappa shape index (κ1) is 16.9. The van der Waals surface area contributed by atoms with Crippen LogP contribution in [0.4, 0.5) is 0 Å². The monoisotopic (exact) mass is 611 g/mol. The molecule has 1 heterocycles. The normalized spacial score (nSPS) is 15.3. The fourth-order valence-corrected chi connectivity index (χ4v) is 6.40. The number of furan rings is 1. The van der Waals surface area contributed by atoms with Crippen molar-refractivity contribution in [3.63, 3.8) is 0 Å². The van der Waals surface area contributed by atoms with Gasteiger partial charge in [0.2, 0.25) is 0 Å². The topological polar surface area (TPSA) is 13.1 Å². The van der Waals surface area contributed by atoms with Crippen LogP contribution in [-0.4, -0.2) is 0 Å². The van der Waals surface area contributed by atoms with Gasteiger partial charge in [0.05, 0.1) is 17.8 Å². The first-order valence-corrected chi connectivity index (χ1v) is 15.0. The number of rotatable bonds is 5. The van der Waals surface area contributed by atoms with Crippen molar-refractivity contribution in [3.8, 4) is 55.8 Å². The number of fused-ring (bicyclic) bond motifs is 3. The lowest BCUT2D eigenvalue weighted by Crippen LogP contribution is -1.92. The molecule has 0 N–H and O–H groups in total. The molecule has 9 rings (SSSR count). The predicted octanol–water partition coefficient (Wildman–Crippen LogP) is 13.1. The molecule has 1 aromatic heterocycles. The van der Waals surface area contributed by atoms with Gasteiger partial charge in [0.25, 0.3) is 0 Å². The molecule has 9 aromatic rings. The van der Waals surface area contributed by atoms with E-state index in [1.54, 1.807) is 48.5 Å². The molecule has 0 saturated carbocycles. The van der Waals surface area contributed by atoms with Crippen LogP contribution < -0.4 is 0 Å². The fourth-order valence-electron chi connectivity index (χ4n) is 6.40. The first-order valence-electron chi connectivity index (χ1n) is 21.5. The summed E-state index contributed by atoms with van der Waals surface area (Å²) in [6.07, 6.45) is 0. The van der Waals surface area contributed by atoms with Crippen molar-refractivity contribution in [2.24, 2.45) is 0 Å². The van der Waals surface area contributed by atoms with E-state index in [4.69, 9.17) is 16.8 Å². The average Bonchev–Trinajstić information content (AvgIpc) is 3.65. The molecule has 0 saturated heterocycles. The summed E-state index contributed by atoms with van der Waals surface area (Å²) in [6, 6.07) is 23.9. The zero-order valence-electron chi connectivity index (χ0n) is 37.7. The maximum Gasteiger partial charge on any atom is 0.143 e. The Morgan fingerprint density at radius 2 is 0.894 bits per heavy atom. The highest BCUT2D eigenvalue weighted by Crippen LogP contribution is 2.51. The van der Waals surface area contributed by atoms with E-state index in [1.165, 1.54) is 0 Å². The zero-order chi connectivity index (χ0) is 42.5. The largest absolute Gasteiger partial charge is 0.455 e. The lowest BCUT2D eigenvalue weighted by Gasteiger charge is -2.18. The van der Waals surface area contributed by atoms with Crippen molar-refractivity contribution in [3.05, 3.63) is 182 Å². The molecule has 0 atom stereocenters. The summed E-state index contributed by atoms with van der Waals surface area (Å²) in [7, 11) is 0. The van der Waals surface area contributed by atoms with Gasteiger partial charge in [0.15, 0.2) is 0 Å². The predicted molar refractivity (Wildman–Crippen MR) is 198 cm³/mol. The van der Waals surface area contributed by atoms with Crippen molar-refractivity contribution in [1.29, 1.82) is 0 Å². The molecule has 220 valence electrons. The molecule has 0 aliphatic heterocycles. The van der Waals surface area contributed by atoms with Gasteiger partial charge in [0.1, 0.15) is 11.3 Å². The quantitative estimate of drug-likeness (QED) is 0.176. The Balaban J connectivity index is 1.58. The van der Waals surface area contributed by atoms with Gasteiger partial charge in [-0.3, -0.25) is 0 Å². The lowest BCUT2D eigenvalue weighted by atomic mass is 9.84. The Hall–Kier alpha value is -6.18. The highest BCUT2D eigenvalue weighted by molar-refractivity contribution is 6.25. The second kappa shape index (κ2) is 11.3. The summed E-state index contributed by atoms with van der Waals surface area (Å²) in [4.78, 5) is 0. The third kappa shape index (κ3) is 4.56. The van der Waals surface area contributed by atoms with E-state index in [9.17, 15) is 5.48 Å². The second-order valence-corrected chi connectivity index (χ2v) is 11.0. The van der Waals surface area contributed by atoms with Gasteiger partial charge in [-0.1, -0.05) is 170 Å². The van der Waals surface area contributed by atoms with E-state index >= 15 is 0 Å². The first-order chi connectivity index (χ1) is 28.7. The minimum absolute atomic E-state index is 0.0215. The van der Waals surface area contributed by atoms with Gasteiger partial charge < -0.3 is 4.42 Å². The van der Waals surface area contributed by atoms with Crippen LogP contribution in [0.15, 0.2) is 186 Å². The molecule has 0 radical (unpaired) electrons.